The first-order valence-corrected chi connectivity index (χ1v) is 9.82. The number of aryl methyl sites for hydroxylation is 1. The molecule has 25 heavy (non-hydrogen) atoms. The molecule has 0 spiro atoms. The molecule has 1 aromatic heterocycles. The number of nitrogens with one attached hydrogen (secondary N) is 1. The second-order valence-electron chi connectivity index (χ2n) is 6.54. The number of hydrogen-bond donors (Lipinski definition) is 1. The molecule has 0 unspecified atom stereocenters. The third-order valence-electron chi connectivity index (χ3n) is 3.86. The SMILES string of the molecule is Cc1ccc(S(=O)(=O)[C@H](CNC(=O)CC(C)C)c2cccnc2)cc1. The summed E-state index contributed by atoms with van der Waals surface area (Å²) >= 11 is 0. The summed E-state index contributed by atoms with van der Waals surface area (Å²) < 4.78 is 26.2. The Kier molecular flexibility index (Phi) is 6.31. The summed E-state index contributed by atoms with van der Waals surface area (Å²) in [7, 11) is -3.65. The summed E-state index contributed by atoms with van der Waals surface area (Å²) in [5.41, 5.74) is 1.55. The second kappa shape index (κ2) is 8.25. The summed E-state index contributed by atoms with van der Waals surface area (Å²) in [6, 6.07) is 10.2. The van der Waals surface area contributed by atoms with Crippen molar-refractivity contribution in [3.05, 3.63) is 59.9 Å². The highest BCUT2D eigenvalue weighted by Crippen LogP contribution is 2.28. The monoisotopic (exact) mass is 360 g/mol. The van der Waals surface area contributed by atoms with Gasteiger partial charge in [0.25, 0.3) is 0 Å². The molecule has 0 radical (unpaired) electrons. The average molecular weight is 360 g/mol. The van der Waals surface area contributed by atoms with Crippen LogP contribution in [0, 0.1) is 12.8 Å². The number of carbonyl (C=O) groups is 1. The molecule has 0 bridgehead atoms. The Labute approximate surface area is 149 Å². The number of aromatic nitrogens is 1. The molecular formula is C19H24N2O3S. The lowest BCUT2D eigenvalue weighted by atomic mass is 10.1. The van der Waals surface area contributed by atoms with Gasteiger partial charge in [-0.25, -0.2) is 8.42 Å². The minimum absolute atomic E-state index is 0.0213. The molecule has 1 heterocycles. The van der Waals surface area contributed by atoms with Crippen LogP contribution in [-0.2, 0) is 14.6 Å². The van der Waals surface area contributed by atoms with Crippen LogP contribution in [0.5, 0.6) is 0 Å². The van der Waals surface area contributed by atoms with Crippen LogP contribution in [0.2, 0.25) is 0 Å². The zero-order valence-electron chi connectivity index (χ0n) is 14.8. The van der Waals surface area contributed by atoms with Gasteiger partial charge in [-0.05, 0) is 36.6 Å². The molecular weight excluding hydrogens is 336 g/mol. The van der Waals surface area contributed by atoms with E-state index < -0.39 is 15.1 Å². The fourth-order valence-corrected chi connectivity index (χ4v) is 4.16. The van der Waals surface area contributed by atoms with Gasteiger partial charge in [-0.1, -0.05) is 37.6 Å². The summed E-state index contributed by atoms with van der Waals surface area (Å²) in [6.45, 7) is 5.82. The molecule has 0 fully saturated rings. The highest BCUT2D eigenvalue weighted by molar-refractivity contribution is 7.91. The average Bonchev–Trinajstić information content (AvgIpc) is 2.55. The van der Waals surface area contributed by atoms with Crippen molar-refractivity contribution < 1.29 is 13.2 Å². The smallest absolute Gasteiger partial charge is 0.220 e. The van der Waals surface area contributed by atoms with Gasteiger partial charge in [0.15, 0.2) is 9.84 Å². The van der Waals surface area contributed by atoms with Gasteiger partial charge in [-0.15, -0.1) is 0 Å². The summed E-state index contributed by atoms with van der Waals surface area (Å²) in [5.74, 6) is 0.0635. The number of benzene rings is 1. The standard InChI is InChI=1S/C19H24N2O3S/c1-14(2)11-19(22)21-13-18(16-5-4-10-20-12-16)25(23,24)17-8-6-15(3)7-9-17/h4-10,12,14,18H,11,13H2,1-3H3,(H,21,22)/t18-/m1/s1. The van der Waals surface area contributed by atoms with Crippen LogP contribution in [0.1, 0.15) is 36.6 Å². The van der Waals surface area contributed by atoms with E-state index in [0.717, 1.165) is 5.56 Å². The Morgan fingerprint density at radius 1 is 1.16 bits per heavy atom. The molecule has 2 aromatic rings. The molecule has 1 atom stereocenters. The van der Waals surface area contributed by atoms with E-state index in [4.69, 9.17) is 0 Å². The normalized spacial score (nSPS) is 12.8. The summed E-state index contributed by atoms with van der Waals surface area (Å²) in [6.07, 6.45) is 3.49. The first kappa shape index (κ1) is 19.1. The predicted molar refractivity (Wildman–Crippen MR) is 97.8 cm³/mol. The third-order valence-corrected chi connectivity index (χ3v) is 5.98. The molecule has 5 nitrogen and oxygen atoms in total. The Bertz CT molecular complexity index is 800. The van der Waals surface area contributed by atoms with Crippen molar-refractivity contribution >= 4 is 15.7 Å². The van der Waals surface area contributed by atoms with Gasteiger partial charge < -0.3 is 5.32 Å². The fourth-order valence-electron chi connectivity index (χ4n) is 2.51. The van der Waals surface area contributed by atoms with Crippen LogP contribution in [0.15, 0.2) is 53.7 Å². The molecule has 0 saturated carbocycles. The molecule has 1 aromatic carbocycles. The number of pyridine rings is 1. The minimum atomic E-state index is -3.65. The van der Waals surface area contributed by atoms with Crippen molar-refractivity contribution in [1.29, 1.82) is 0 Å². The number of hydrogen-bond acceptors (Lipinski definition) is 4. The van der Waals surface area contributed by atoms with E-state index in [-0.39, 0.29) is 23.3 Å². The molecule has 134 valence electrons. The number of nitrogens with zero attached hydrogens (tertiary/aromatic N) is 1. The number of carbonyl (C=O) groups excluding carboxylic acids is 1. The molecule has 1 amide bonds. The maximum Gasteiger partial charge on any atom is 0.220 e. The van der Waals surface area contributed by atoms with Crippen LogP contribution in [0.3, 0.4) is 0 Å². The van der Waals surface area contributed by atoms with Crippen LogP contribution < -0.4 is 5.32 Å². The lowest BCUT2D eigenvalue weighted by Crippen LogP contribution is -2.32. The zero-order chi connectivity index (χ0) is 18.4. The van der Waals surface area contributed by atoms with Crippen LogP contribution >= 0.6 is 0 Å². The van der Waals surface area contributed by atoms with Crippen LogP contribution in [0.25, 0.3) is 0 Å². The topological polar surface area (TPSA) is 76.1 Å². The lowest BCUT2D eigenvalue weighted by molar-refractivity contribution is -0.121. The van der Waals surface area contributed by atoms with E-state index in [1.807, 2.05) is 20.8 Å². The van der Waals surface area contributed by atoms with Gasteiger partial charge in [-0.2, -0.15) is 0 Å². The van der Waals surface area contributed by atoms with Gasteiger partial charge in [0.1, 0.15) is 5.25 Å². The van der Waals surface area contributed by atoms with Crippen LogP contribution in [-0.4, -0.2) is 25.9 Å². The lowest BCUT2D eigenvalue weighted by Gasteiger charge is -2.19. The number of rotatable bonds is 7. The highest BCUT2D eigenvalue weighted by Gasteiger charge is 2.29. The van der Waals surface area contributed by atoms with Crippen molar-refractivity contribution in [3.63, 3.8) is 0 Å². The second-order valence-corrected chi connectivity index (χ2v) is 8.67. The molecule has 0 aliphatic heterocycles. The Morgan fingerprint density at radius 2 is 1.84 bits per heavy atom. The number of sulfone groups is 1. The molecule has 0 aliphatic rings. The van der Waals surface area contributed by atoms with E-state index in [1.165, 1.54) is 6.20 Å². The fraction of sp³-hybridized carbons (Fsp3) is 0.368. The van der Waals surface area contributed by atoms with E-state index in [2.05, 4.69) is 10.3 Å². The van der Waals surface area contributed by atoms with Gasteiger partial charge in [0.05, 0.1) is 4.90 Å². The molecule has 6 heteroatoms. The van der Waals surface area contributed by atoms with Gasteiger partial charge >= 0.3 is 0 Å². The number of amides is 1. The molecule has 2 rings (SSSR count). The largest absolute Gasteiger partial charge is 0.354 e. The van der Waals surface area contributed by atoms with Crippen molar-refractivity contribution in [2.75, 3.05) is 6.54 Å². The highest BCUT2D eigenvalue weighted by atomic mass is 32.2. The molecule has 0 saturated heterocycles. The maximum absolute atomic E-state index is 13.1. The predicted octanol–water partition coefficient (Wildman–Crippen LogP) is 3.07. The summed E-state index contributed by atoms with van der Waals surface area (Å²) in [5, 5.41) is 1.88. The van der Waals surface area contributed by atoms with E-state index in [0.29, 0.717) is 12.0 Å². The van der Waals surface area contributed by atoms with E-state index in [1.54, 1.807) is 42.6 Å². The van der Waals surface area contributed by atoms with Crippen LogP contribution in [0.4, 0.5) is 0 Å². The minimum Gasteiger partial charge on any atom is -0.354 e. The first-order valence-electron chi connectivity index (χ1n) is 8.28. The quantitative estimate of drug-likeness (QED) is 0.823. The zero-order valence-corrected chi connectivity index (χ0v) is 15.6. The first-order chi connectivity index (χ1) is 11.8. The van der Waals surface area contributed by atoms with Gasteiger partial charge in [0, 0.05) is 25.4 Å². The Balaban J connectivity index is 2.31. The van der Waals surface area contributed by atoms with Gasteiger partial charge in [0.2, 0.25) is 5.91 Å². The van der Waals surface area contributed by atoms with Crippen molar-refractivity contribution in [2.45, 2.75) is 37.3 Å². The van der Waals surface area contributed by atoms with E-state index in [9.17, 15) is 13.2 Å². The third kappa shape index (κ3) is 5.13. The Morgan fingerprint density at radius 3 is 2.40 bits per heavy atom. The maximum atomic E-state index is 13.1. The summed E-state index contributed by atoms with van der Waals surface area (Å²) in [4.78, 5) is 16.2. The van der Waals surface area contributed by atoms with Crippen molar-refractivity contribution in [3.8, 4) is 0 Å². The molecule has 0 aliphatic carbocycles. The van der Waals surface area contributed by atoms with Crippen molar-refractivity contribution in [1.82, 2.24) is 10.3 Å². The van der Waals surface area contributed by atoms with Gasteiger partial charge in [-0.3, -0.25) is 9.78 Å². The van der Waals surface area contributed by atoms with Crippen molar-refractivity contribution in [2.24, 2.45) is 5.92 Å². The van der Waals surface area contributed by atoms with E-state index >= 15 is 0 Å². The molecule has 1 N–H and O–H groups in total. The Hall–Kier alpha value is -2.21.